The van der Waals surface area contributed by atoms with E-state index in [1.807, 2.05) is 48.6 Å². The van der Waals surface area contributed by atoms with Crippen molar-refractivity contribution in [1.29, 1.82) is 0 Å². The van der Waals surface area contributed by atoms with Crippen LogP contribution in [0, 0.1) is 0 Å². The van der Waals surface area contributed by atoms with Crippen molar-refractivity contribution in [1.82, 2.24) is 14.7 Å². The fraction of sp³-hybridized carbons (Fsp3) is 0.200. The highest BCUT2D eigenvalue weighted by molar-refractivity contribution is 6.33. The average molecular weight is 352 g/mol. The Hall–Kier alpha value is -2.59. The minimum atomic E-state index is -0.0333. The third-order valence-corrected chi connectivity index (χ3v) is 5.04. The second-order valence-corrected chi connectivity index (χ2v) is 6.77. The maximum Gasteiger partial charge on any atom is 0.255 e. The highest BCUT2D eigenvalue weighted by Gasteiger charge is 2.30. The van der Waals surface area contributed by atoms with E-state index in [2.05, 4.69) is 17.2 Å². The maximum absolute atomic E-state index is 13.0. The summed E-state index contributed by atoms with van der Waals surface area (Å²) in [7, 11) is 1.91. The van der Waals surface area contributed by atoms with Gasteiger partial charge in [-0.1, -0.05) is 48.0 Å². The molecule has 4 rings (SSSR count). The van der Waals surface area contributed by atoms with Crippen LogP contribution < -0.4 is 0 Å². The molecular weight excluding hydrogens is 334 g/mol. The Kier molecular flexibility index (Phi) is 4.06. The summed E-state index contributed by atoms with van der Waals surface area (Å²) in [5.74, 6) is 0.0825. The molecule has 1 aliphatic heterocycles. The molecule has 126 valence electrons. The van der Waals surface area contributed by atoms with E-state index in [-0.39, 0.29) is 11.8 Å². The number of benzene rings is 2. The van der Waals surface area contributed by atoms with Crippen LogP contribution >= 0.6 is 11.6 Å². The molecular formula is C20H18ClN3O. The number of carbonyl (C=O) groups excluding carboxylic acids is 1. The lowest BCUT2D eigenvalue weighted by atomic mass is 9.86. The molecule has 0 saturated heterocycles. The van der Waals surface area contributed by atoms with Crippen molar-refractivity contribution in [2.45, 2.75) is 12.5 Å². The molecule has 0 aliphatic carbocycles. The van der Waals surface area contributed by atoms with Crippen molar-refractivity contribution in [2.75, 3.05) is 6.54 Å². The van der Waals surface area contributed by atoms with Crippen molar-refractivity contribution < 1.29 is 4.79 Å². The van der Waals surface area contributed by atoms with Crippen LogP contribution in [-0.2, 0) is 13.6 Å². The Labute approximate surface area is 151 Å². The highest BCUT2D eigenvalue weighted by atomic mass is 35.5. The van der Waals surface area contributed by atoms with Gasteiger partial charge >= 0.3 is 0 Å². The van der Waals surface area contributed by atoms with Gasteiger partial charge in [0.2, 0.25) is 0 Å². The predicted octanol–water partition coefficient (Wildman–Crippen LogP) is 3.86. The number of amides is 1. The summed E-state index contributed by atoms with van der Waals surface area (Å²) in [6.07, 6.45) is 3.90. The lowest BCUT2D eigenvalue weighted by Crippen LogP contribution is -2.38. The first-order chi connectivity index (χ1) is 12.1. The second kappa shape index (κ2) is 6.37. The summed E-state index contributed by atoms with van der Waals surface area (Å²) < 4.78 is 1.80. The lowest BCUT2D eigenvalue weighted by molar-refractivity contribution is 0.0725. The zero-order valence-corrected chi connectivity index (χ0v) is 14.6. The molecule has 2 heterocycles. The molecule has 1 aliphatic rings. The first-order valence-corrected chi connectivity index (χ1v) is 8.61. The molecule has 2 aromatic carbocycles. The van der Waals surface area contributed by atoms with Crippen LogP contribution in [0.5, 0.6) is 0 Å². The van der Waals surface area contributed by atoms with Gasteiger partial charge in [0.1, 0.15) is 0 Å². The minimum Gasteiger partial charge on any atom is -0.333 e. The smallest absolute Gasteiger partial charge is 0.255 e. The molecule has 0 fully saturated rings. The minimum absolute atomic E-state index is 0.0333. The number of halogens is 1. The molecule has 3 aromatic rings. The highest BCUT2D eigenvalue weighted by Crippen LogP contribution is 2.34. The van der Waals surface area contributed by atoms with E-state index in [9.17, 15) is 4.79 Å². The van der Waals surface area contributed by atoms with Gasteiger partial charge in [-0.15, -0.1) is 0 Å². The van der Waals surface area contributed by atoms with Crippen molar-refractivity contribution >= 4 is 17.5 Å². The Balaban J connectivity index is 1.73. The molecule has 1 atom stereocenters. The maximum atomic E-state index is 13.0. The molecule has 1 unspecified atom stereocenters. The summed E-state index contributed by atoms with van der Waals surface area (Å²) in [6, 6.07) is 15.5. The van der Waals surface area contributed by atoms with E-state index in [4.69, 9.17) is 11.6 Å². The number of aromatic nitrogens is 2. The monoisotopic (exact) mass is 351 g/mol. The number of carbonyl (C=O) groups is 1. The van der Waals surface area contributed by atoms with E-state index in [1.165, 1.54) is 11.1 Å². The quantitative estimate of drug-likeness (QED) is 0.703. The SMILES string of the molecule is Cn1cc(C2CN(C(=O)c3ccccc3Cl)Cc3ccccc32)cn1. The first kappa shape index (κ1) is 15.9. The number of hydrogen-bond donors (Lipinski definition) is 0. The van der Waals surface area contributed by atoms with Gasteiger partial charge < -0.3 is 4.90 Å². The molecule has 0 N–H and O–H groups in total. The molecule has 5 heteroatoms. The van der Waals surface area contributed by atoms with Crippen LogP contribution in [0.25, 0.3) is 0 Å². The van der Waals surface area contributed by atoms with Crippen LogP contribution in [0.15, 0.2) is 60.9 Å². The fourth-order valence-corrected chi connectivity index (χ4v) is 3.69. The predicted molar refractivity (Wildman–Crippen MR) is 97.7 cm³/mol. The van der Waals surface area contributed by atoms with Gasteiger partial charge in [-0.3, -0.25) is 9.48 Å². The van der Waals surface area contributed by atoms with Crippen LogP contribution in [0.3, 0.4) is 0 Å². The number of hydrogen-bond acceptors (Lipinski definition) is 2. The van der Waals surface area contributed by atoms with E-state index in [0.717, 1.165) is 5.56 Å². The Bertz CT molecular complexity index is 934. The lowest BCUT2D eigenvalue weighted by Gasteiger charge is -2.34. The van der Waals surface area contributed by atoms with Crippen LogP contribution in [0.4, 0.5) is 0 Å². The number of nitrogens with zero attached hydrogens (tertiary/aromatic N) is 3. The van der Waals surface area contributed by atoms with Crippen LogP contribution in [-0.4, -0.2) is 27.1 Å². The van der Waals surface area contributed by atoms with E-state index in [0.29, 0.717) is 23.7 Å². The molecule has 0 bridgehead atoms. The van der Waals surface area contributed by atoms with Gasteiger partial charge in [0.15, 0.2) is 0 Å². The summed E-state index contributed by atoms with van der Waals surface area (Å²) in [5, 5.41) is 4.79. The standard InChI is InChI=1S/C20H18ClN3O/c1-23-11-15(10-22-23)18-13-24(12-14-6-2-3-7-16(14)18)20(25)17-8-4-5-9-19(17)21/h2-11,18H,12-13H2,1H3. The fourth-order valence-electron chi connectivity index (χ4n) is 3.47. The molecule has 1 amide bonds. The van der Waals surface area contributed by atoms with Gasteiger partial charge in [0.25, 0.3) is 5.91 Å². The largest absolute Gasteiger partial charge is 0.333 e. The zero-order chi connectivity index (χ0) is 17.4. The first-order valence-electron chi connectivity index (χ1n) is 8.23. The Morgan fingerprint density at radius 3 is 2.68 bits per heavy atom. The molecule has 1 aromatic heterocycles. The molecule has 4 nitrogen and oxygen atoms in total. The number of rotatable bonds is 2. The Morgan fingerprint density at radius 2 is 1.92 bits per heavy atom. The summed E-state index contributed by atoms with van der Waals surface area (Å²) in [5.41, 5.74) is 4.10. The van der Waals surface area contributed by atoms with E-state index >= 15 is 0 Å². The van der Waals surface area contributed by atoms with Crippen LogP contribution in [0.2, 0.25) is 5.02 Å². The summed E-state index contributed by atoms with van der Waals surface area (Å²) in [6.45, 7) is 1.21. The van der Waals surface area contributed by atoms with Gasteiger partial charge in [0, 0.05) is 32.3 Å². The molecule has 0 spiro atoms. The van der Waals surface area contributed by atoms with Gasteiger partial charge in [-0.2, -0.15) is 5.10 Å². The van der Waals surface area contributed by atoms with Crippen LogP contribution in [0.1, 0.15) is 33.0 Å². The van der Waals surface area contributed by atoms with E-state index in [1.54, 1.807) is 16.8 Å². The second-order valence-electron chi connectivity index (χ2n) is 6.36. The van der Waals surface area contributed by atoms with E-state index < -0.39 is 0 Å². The van der Waals surface area contributed by atoms with Crippen molar-refractivity contribution in [3.8, 4) is 0 Å². The van der Waals surface area contributed by atoms with Crippen molar-refractivity contribution in [3.63, 3.8) is 0 Å². The Morgan fingerprint density at radius 1 is 1.16 bits per heavy atom. The topological polar surface area (TPSA) is 38.1 Å². The third kappa shape index (κ3) is 2.94. The van der Waals surface area contributed by atoms with Crippen molar-refractivity contribution in [3.05, 3.63) is 88.2 Å². The molecule has 0 saturated carbocycles. The van der Waals surface area contributed by atoms with Crippen molar-refractivity contribution in [2.24, 2.45) is 7.05 Å². The number of aryl methyl sites for hydroxylation is 1. The normalized spacial score (nSPS) is 16.6. The molecule has 0 radical (unpaired) electrons. The van der Waals surface area contributed by atoms with Gasteiger partial charge in [-0.25, -0.2) is 0 Å². The zero-order valence-electron chi connectivity index (χ0n) is 13.9. The van der Waals surface area contributed by atoms with Gasteiger partial charge in [0.05, 0.1) is 16.8 Å². The molecule has 25 heavy (non-hydrogen) atoms. The van der Waals surface area contributed by atoms with Gasteiger partial charge in [-0.05, 0) is 28.8 Å². The summed E-state index contributed by atoms with van der Waals surface area (Å²) >= 11 is 6.23. The summed E-state index contributed by atoms with van der Waals surface area (Å²) in [4.78, 5) is 14.9. The third-order valence-electron chi connectivity index (χ3n) is 4.71. The number of fused-ring (bicyclic) bond motifs is 1. The average Bonchev–Trinajstić information content (AvgIpc) is 3.07.